The summed E-state index contributed by atoms with van der Waals surface area (Å²) in [6, 6.07) is 8.79. The van der Waals surface area contributed by atoms with Crippen LogP contribution in [0.5, 0.6) is 0 Å². The standard InChI is InChI=1S/C14H16N2O4S/c1-9(2)14(17)16-21(18,19)13-10(3)20-15-12(13)11-7-5-4-6-8-11/h4-9H,1-3H3,(H,16,17). The zero-order valence-corrected chi connectivity index (χ0v) is 12.8. The average molecular weight is 308 g/mol. The second-order valence-electron chi connectivity index (χ2n) is 4.91. The number of nitrogens with one attached hydrogen (secondary N) is 1. The molecular weight excluding hydrogens is 292 g/mol. The predicted octanol–water partition coefficient (Wildman–Crippen LogP) is 2.11. The van der Waals surface area contributed by atoms with Crippen LogP contribution in [0.2, 0.25) is 0 Å². The quantitative estimate of drug-likeness (QED) is 0.934. The molecule has 0 bridgehead atoms. The van der Waals surface area contributed by atoms with Crippen molar-refractivity contribution in [3.8, 4) is 11.3 Å². The van der Waals surface area contributed by atoms with Crippen LogP contribution < -0.4 is 4.72 Å². The molecule has 6 nitrogen and oxygen atoms in total. The molecule has 0 fully saturated rings. The molecule has 0 atom stereocenters. The normalized spacial score (nSPS) is 11.6. The van der Waals surface area contributed by atoms with Crippen LogP contribution in [0.3, 0.4) is 0 Å². The van der Waals surface area contributed by atoms with Crippen LogP contribution in [0, 0.1) is 12.8 Å². The Hall–Kier alpha value is -2.15. The number of benzene rings is 1. The molecule has 2 aromatic rings. The number of nitrogens with zero attached hydrogens (tertiary/aromatic N) is 1. The van der Waals surface area contributed by atoms with Crippen LogP contribution in [-0.2, 0) is 14.8 Å². The van der Waals surface area contributed by atoms with Crippen molar-refractivity contribution < 1.29 is 17.7 Å². The topological polar surface area (TPSA) is 89.3 Å². The first-order valence-electron chi connectivity index (χ1n) is 6.41. The maximum atomic E-state index is 12.4. The largest absolute Gasteiger partial charge is 0.360 e. The number of carbonyl (C=O) groups excluding carboxylic acids is 1. The van der Waals surface area contributed by atoms with Gasteiger partial charge in [-0.15, -0.1) is 0 Å². The van der Waals surface area contributed by atoms with E-state index in [1.54, 1.807) is 38.1 Å². The summed E-state index contributed by atoms with van der Waals surface area (Å²) >= 11 is 0. The molecule has 0 radical (unpaired) electrons. The minimum atomic E-state index is -4.03. The van der Waals surface area contributed by atoms with E-state index < -0.39 is 21.8 Å². The monoisotopic (exact) mass is 308 g/mol. The van der Waals surface area contributed by atoms with E-state index in [2.05, 4.69) is 5.16 Å². The van der Waals surface area contributed by atoms with Crippen molar-refractivity contribution in [1.82, 2.24) is 9.88 Å². The zero-order chi connectivity index (χ0) is 15.6. The van der Waals surface area contributed by atoms with E-state index in [1.165, 1.54) is 6.92 Å². The smallest absolute Gasteiger partial charge is 0.269 e. The zero-order valence-electron chi connectivity index (χ0n) is 12.0. The summed E-state index contributed by atoms with van der Waals surface area (Å²) in [5.74, 6) is -0.882. The molecule has 0 saturated carbocycles. The van der Waals surface area contributed by atoms with Crippen molar-refractivity contribution in [2.45, 2.75) is 25.7 Å². The summed E-state index contributed by atoms with van der Waals surface area (Å²) in [4.78, 5) is 11.6. The Labute approximate surface area is 123 Å². The third-order valence-corrected chi connectivity index (χ3v) is 4.37. The summed E-state index contributed by atoms with van der Waals surface area (Å²) in [6.45, 7) is 4.72. The van der Waals surface area contributed by atoms with E-state index in [1.807, 2.05) is 10.8 Å². The predicted molar refractivity (Wildman–Crippen MR) is 76.8 cm³/mol. The Bertz CT molecular complexity index is 749. The van der Waals surface area contributed by atoms with Crippen LogP contribution in [0.1, 0.15) is 19.6 Å². The first kappa shape index (κ1) is 15.2. The number of aryl methyl sites for hydroxylation is 1. The fourth-order valence-electron chi connectivity index (χ4n) is 1.76. The molecule has 112 valence electrons. The molecule has 2 rings (SSSR count). The molecule has 1 aromatic heterocycles. The van der Waals surface area contributed by atoms with Gasteiger partial charge in [0.2, 0.25) is 5.91 Å². The van der Waals surface area contributed by atoms with Crippen LogP contribution in [0.15, 0.2) is 39.8 Å². The van der Waals surface area contributed by atoms with Gasteiger partial charge in [-0.2, -0.15) is 0 Å². The van der Waals surface area contributed by atoms with E-state index in [0.29, 0.717) is 5.56 Å². The Morgan fingerprint density at radius 1 is 1.24 bits per heavy atom. The molecule has 0 aliphatic carbocycles. The maximum absolute atomic E-state index is 12.4. The lowest BCUT2D eigenvalue weighted by Crippen LogP contribution is -2.34. The summed E-state index contributed by atoms with van der Waals surface area (Å²) in [6.07, 6.45) is 0. The summed E-state index contributed by atoms with van der Waals surface area (Å²) in [5.41, 5.74) is 0.795. The van der Waals surface area contributed by atoms with E-state index in [-0.39, 0.29) is 16.3 Å². The molecule has 0 saturated heterocycles. The highest BCUT2D eigenvalue weighted by atomic mass is 32.2. The fourth-order valence-corrected chi connectivity index (χ4v) is 3.19. The second kappa shape index (κ2) is 5.69. The minimum absolute atomic E-state index is 0.109. The van der Waals surface area contributed by atoms with Crippen molar-refractivity contribution in [2.75, 3.05) is 0 Å². The van der Waals surface area contributed by atoms with E-state index in [9.17, 15) is 13.2 Å². The lowest BCUT2D eigenvalue weighted by Gasteiger charge is -2.09. The molecule has 1 aromatic carbocycles. The molecule has 1 amide bonds. The van der Waals surface area contributed by atoms with Gasteiger partial charge in [0.05, 0.1) is 0 Å². The van der Waals surface area contributed by atoms with Gasteiger partial charge in [-0.25, -0.2) is 13.1 Å². The van der Waals surface area contributed by atoms with Crippen LogP contribution in [-0.4, -0.2) is 19.5 Å². The van der Waals surface area contributed by atoms with Gasteiger partial charge in [-0.1, -0.05) is 49.3 Å². The number of amides is 1. The highest BCUT2D eigenvalue weighted by Crippen LogP contribution is 2.28. The van der Waals surface area contributed by atoms with E-state index >= 15 is 0 Å². The lowest BCUT2D eigenvalue weighted by atomic mass is 10.1. The SMILES string of the molecule is Cc1onc(-c2ccccc2)c1S(=O)(=O)NC(=O)C(C)C. The van der Waals surface area contributed by atoms with Crippen molar-refractivity contribution in [3.63, 3.8) is 0 Å². The lowest BCUT2D eigenvalue weighted by molar-refractivity contribution is -0.122. The summed E-state index contributed by atoms with van der Waals surface area (Å²) in [7, 11) is -4.03. The highest BCUT2D eigenvalue weighted by Gasteiger charge is 2.29. The molecule has 0 unspecified atom stereocenters. The molecule has 21 heavy (non-hydrogen) atoms. The van der Waals surface area contributed by atoms with E-state index in [4.69, 9.17) is 4.52 Å². The van der Waals surface area contributed by atoms with Gasteiger partial charge < -0.3 is 4.52 Å². The summed E-state index contributed by atoms with van der Waals surface area (Å²) in [5, 5.41) is 3.80. The Kier molecular flexibility index (Phi) is 4.13. The third-order valence-electron chi connectivity index (χ3n) is 2.88. The van der Waals surface area contributed by atoms with Gasteiger partial charge in [0.25, 0.3) is 10.0 Å². The fraction of sp³-hybridized carbons (Fsp3) is 0.286. The van der Waals surface area contributed by atoms with Crippen molar-refractivity contribution in [1.29, 1.82) is 0 Å². The number of hydrogen-bond acceptors (Lipinski definition) is 5. The molecule has 1 N–H and O–H groups in total. The number of aromatic nitrogens is 1. The Balaban J connectivity index is 2.50. The van der Waals surface area contributed by atoms with Crippen molar-refractivity contribution in [2.24, 2.45) is 5.92 Å². The molecule has 1 heterocycles. The summed E-state index contributed by atoms with van der Waals surface area (Å²) < 4.78 is 31.8. The maximum Gasteiger partial charge on any atom is 0.269 e. The molecule has 0 aliphatic heterocycles. The molecule has 0 spiro atoms. The van der Waals surface area contributed by atoms with Gasteiger partial charge in [-0.3, -0.25) is 4.79 Å². The number of sulfonamides is 1. The van der Waals surface area contributed by atoms with Crippen LogP contribution >= 0.6 is 0 Å². The van der Waals surface area contributed by atoms with Crippen molar-refractivity contribution >= 4 is 15.9 Å². The number of hydrogen-bond donors (Lipinski definition) is 1. The van der Waals surface area contributed by atoms with Gasteiger partial charge in [0.15, 0.2) is 10.7 Å². The third kappa shape index (κ3) is 3.13. The van der Waals surface area contributed by atoms with Crippen LogP contribution in [0.4, 0.5) is 0 Å². The Morgan fingerprint density at radius 3 is 2.43 bits per heavy atom. The molecular formula is C14H16N2O4S. The first-order valence-corrected chi connectivity index (χ1v) is 7.89. The number of rotatable bonds is 4. The average Bonchev–Trinajstić information content (AvgIpc) is 2.82. The van der Waals surface area contributed by atoms with E-state index in [0.717, 1.165) is 0 Å². The second-order valence-corrected chi connectivity index (χ2v) is 6.53. The van der Waals surface area contributed by atoms with Crippen molar-refractivity contribution in [3.05, 3.63) is 36.1 Å². The van der Waals surface area contributed by atoms with Gasteiger partial charge in [0, 0.05) is 11.5 Å². The van der Waals surface area contributed by atoms with Crippen LogP contribution in [0.25, 0.3) is 11.3 Å². The van der Waals surface area contributed by atoms with Gasteiger partial charge in [0.1, 0.15) is 5.69 Å². The Morgan fingerprint density at radius 2 is 1.86 bits per heavy atom. The number of carbonyl (C=O) groups is 1. The van der Waals surface area contributed by atoms with Gasteiger partial charge in [-0.05, 0) is 6.92 Å². The molecule has 0 aliphatic rings. The highest BCUT2D eigenvalue weighted by molar-refractivity contribution is 7.90. The first-order chi connectivity index (χ1) is 9.83. The minimum Gasteiger partial charge on any atom is -0.360 e. The molecule has 7 heteroatoms. The van der Waals surface area contributed by atoms with Gasteiger partial charge >= 0.3 is 0 Å².